The van der Waals surface area contributed by atoms with Crippen molar-refractivity contribution in [3.05, 3.63) is 46.2 Å². The van der Waals surface area contributed by atoms with Gasteiger partial charge < -0.3 is 10.1 Å². The summed E-state index contributed by atoms with van der Waals surface area (Å²) in [5.41, 5.74) is 2.43. The smallest absolute Gasteiger partial charge is 0.123 e. The van der Waals surface area contributed by atoms with E-state index in [1.165, 1.54) is 11.3 Å². The largest absolute Gasteiger partial charge is 0.496 e. The average Bonchev–Trinajstić information content (AvgIpc) is 2.87. The van der Waals surface area contributed by atoms with Crippen molar-refractivity contribution >= 4 is 28.3 Å². The number of hydrogen-bond acceptors (Lipinski definition) is 4. The predicted molar refractivity (Wildman–Crippen MR) is 97.2 cm³/mol. The van der Waals surface area contributed by atoms with E-state index in [0.29, 0.717) is 6.04 Å². The monoisotopic (exact) mass is 400 g/mol. The summed E-state index contributed by atoms with van der Waals surface area (Å²) in [4.78, 5) is 2.48. The molecule has 1 atom stereocenters. The maximum absolute atomic E-state index is 5.55. The highest BCUT2D eigenvalue weighted by Gasteiger charge is 2.27. The minimum atomic E-state index is 0. The van der Waals surface area contributed by atoms with Gasteiger partial charge in [0.2, 0.25) is 0 Å². The molecule has 1 N–H and O–H groups in total. The number of benzene rings is 1. The third-order valence-corrected chi connectivity index (χ3v) is 4.88. The van der Waals surface area contributed by atoms with Crippen molar-refractivity contribution < 1.29 is 4.74 Å². The van der Waals surface area contributed by atoms with E-state index in [-0.39, 0.29) is 12.4 Å². The lowest BCUT2D eigenvalue weighted by atomic mass is 10.0. The number of rotatable bonds is 4. The molecule has 0 aliphatic carbocycles. The third kappa shape index (κ3) is 3.88. The summed E-state index contributed by atoms with van der Waals surface area (Å²) >= 11 is 3.60. The Kier molecular flexibility index (Phi) is 6.47. The molecule has 3 rings (SSSR count). The second-order valence-electron chi connectivity index (χ2n) is 5.50. The number of hydrogen-bond donors (Lipinski definition) is 1. The van der Waals surface area contributed by atoms with Crippen LogP contribution in [0.25, 0.3) is 0 Å². The van der Waals surface area contributed by atoms with Crippen LogP contribution < -0.4 is 10.1 Å². The maximum Gasteiger partial charge on any atom is 0.123 e. The van der Waals surface area contributed by atoms with Crippen LogP contribution >= 0.6 is 28.3 Å². The SMILES string of the molecule is COc1ccccc1C1CNCCN1Cc1c(Br)cnn1C.Cl. The molecule has 126 valence electrons. The Bertz CT molecular complexity index is 629. The van der Waals surface area contributed by atoms with E-state index in [2.05, 4.69) is 43.4 Å². The average molecular weight is 402 g/mol. The van der Waals surface area contributed by atoms with Crippen LogP contribution in [-0.2, 0) is 13.6 Å². The molecule has 1 aliphatic rings. The molecule has 0 spiro atoms. The molecule has 0 amide bonds. The summed E-state index contributed by atoms with van der Waals surface area (Å²) < 4.78 is 8.55. The van der Waals surface area contributed by atoms with E-state index >= 15 is 0 Å². The Balaban J connectivity index is 0.00000192. The summed E-state index contributed by atoms with van der Waals surface area (Å²) in [7, 11) is 3.72. The molecule has 1 unspecified atom stereocenters. The molecule has 1 aromatic carbocycles. The molecule has 1 fully saturated rings. The highest BCUT2D eigenvalue weighted by atomic mass is 79.9. The van der Waals surface area contributed by atoms with Gasteiger partial charge in [-0.2, -0.15) is 5.10 Å². The number of methoxy groups -OCH3 is 1. The van der Waals surface area contributed by atoms with Crippen molar-refractivity contribution in [1.82, 2.24) is 20.0 Å². The molecule has 1 aromatic heterocycles. The quantitative estimate of drug-likeness (QED) is 0.855. The van der Waals surface area contributed by atoms with Crippen molar-refractivity contribution in [1.29, 1.82) is 0 Å². The number of para-hydroxylation sites is 1. The Hall–Kier alpha value is -1.08. The summed E-state index contributed by atoms with van der Waals surface area (Å²) in [5.74, 6) is 0.949. The van der Waals surface area contributed by atoms with E-state index < -0.39 is 0 Å². The third-order valence-electron chi connectivity index (χ3n) is 4.22. The van der Waals surface area contributed by atoms with E-state index in [9.17, 15) is 0 Å². The number of nitrogens with zero attached hydrogens (tertiary/aromatic N) is 3. The van der Waals surface area contributed by atoms with E-state index in [1.807, 2.05) is 30.1 Å². The topological polar surface area (TPSA) is 42.3 Å². The number of halogens is 2. The van der Waals surface area contributed by atoms with Crippen molar-refractivity contribution in [2.75, 3.05) is 26.7 Å². The van der Waals surface area contributed by atoms with E-state index in [4.69, 9.17) is 4.74 Å². The lowest BCUT2D eigenvalue weighted by molar-refractivity contribution is 0.147. The Morgan fingerprint density at radius 2 is 2.17 bits per heavy atom. The molecule has 0 radical (unpaired) electrons. The second-order valence-corrected chi connectivity index (χ2v) is 6.35. The highest BCUT2D eigenvalue weighted by molar-refractivity contribution is 9.10. The number of aryl methyl sites for hydroxylation is 1. The zero-order valence-corrected chi connectivity index (χ0v) is 15.7. The fourth-order valence-electron chi connectivity index (χ4n) is 2.99. The first-order valence-electron chi connectivity index (χ1n) is 7.44. The molecule has 1 aliphatic heterocycles. The van der Waals surface area contributed by atoms with Gasteiger partial charge in [0.25, 0.3) is 0 Å². The van der Waals surface area contributed by atoms with Crippen molar-refractivity contribution in [3.63, 3.8) is 0 Å². The maximum atomic E-state index is 5.55. The molecule has 2 aromatic rings. The van der Waals surface area contributed by atoms with Crippen LogP contribution in [0.3, 0.4) is 0 Å². The van der Waals surface area contributed by atoms with Crippen LogP contribution in [0.15, 0.2) is 34.9 Å². The lowest BCUT2D eigenvalue weighted by Gasteiger charge is -2.37. The Morgan fingerprint density at radius 1 is 1.39 bits per heavy atom. The molecule has 7 heteroatoms. The summed E-state index contributed by atoms with van der Waals surface area (Å²) in [6.07, 6.45) is 1.86. The lowest BCUT2D eigenvalue weighted by Crippen LogP contribution is -2.45. The van der Waals surface area contributed by atoms with Crippen molar-refractivity contribution in [2.45, 2.75) is 12.6 Å². The normalized spacial score (nSPS) is 18.5. The van der Waals surface area contributed by atoms with Crippen LogP contribution in [0.1, 0.15) is 17.3 Å². The summed E-state index contributed by atoms with van der Waals surface area (Å²) in [5, 5.41) is 7.81. The summed E-state index contributed by atoms with van der Waals surface area (Å²) in [6.45, 7) is 3.79. The Labute approximate surface area is 151 Å². The van der Waals surface area contributed by atoms with Gasteiger partial charge in [0.15, 0.2) is 0 Å². The first-order valence-corrected chi connectivity index (χ1v) is 8.24. The molecular formula is C16H22BrClN4O. The molecule has 0 bridgehead atoms. The van der Waals surface area contributed by atoms with Gasteiger partial charge in [0, 0.05) is 38.8 Å². The molecule has 1 saturated heterocycles. The summed E-state index contributed by atoms with van der Waals surface area (Å²) in [6, 6.07) is 8.57. The van der Waals surface area contributed by atoms with Crippen LogP contribution in [0.4, 0.5) is 0 Å². The van der Waals surface area contributed by atoms with E-state index in [0.717, 1.165) is 36.4 Å². The fraction of sp³-hybridized carbons (Fsp3) is 0.438. The van der Waals surface area contributed by atoms with Gasteiger partial charge in [-0.3, -0.25) is 9.58 Å². The molecule has 2 heterocycles. The Morgan fingerprint density at radius 3 is 2.87 bits per heavy atom. The number of piperazine rings is 1. The van der Waals surface area contributed by atoms with Gasteiger partial charge in [-0.1, -0.05) is 18.2 Å². The minimum absolute atomic E-state index is 0. The van der Waals surface area contributed by atoms with Gasteiger partial charge in [0.1, 0.15) is 5.75 Å². The highest BCUT2D eigenvalue weighted by Crippen LogP contribution is 2.31. The molecule has 5 nitrogen and oxygen atoms in total. The number of ether oxygens (including phenoxy) is 1. The van der Waals surface area contributed by atoms with Crippen LogP contribution in [0.2, 0.25) is 0 Å². The number of nitrogens with one attached hydrogen (secondary N) is 1. The zero-order valence-electron chi connectivity index (χ0n) is 13.3. The first-order chi connectivity index (χ1) is 10.7. The van der Waals surface area contributed by atoms with Crippen LogP contribution in [-0.4, -0.2) is 41.4 Å². The minimum Gasteiger partial charge on any atom is -0.496 e. The first kappa shape index (κ1) is 18.3. The van der Waals surface area contributed by atoms with Crippen LogP contribution in [0.5, 0.6) is 5.75 Å². The van der Waals surface area contributed by atoms with E-state index in [1.54, 1.807) is 7.11 Å². The van der Waals surface area contributed by atoms with Crippen LogP contribution in [0, 0.1) is 0 Å². The van der Waals surface area contributed by atoms with Gasteiger partial charge in [0.05, 0.1) is 29.5 Å². The number of aromatic nitrogens is 2. The van der Waals surface area contributed by atoms with Gasteiger partial charge in [-0.25, -0.2) is 0 Å². The fourth-order valence-corrected chi connectivity index (χ4v) is 3.46. The molecule has 0 saturated carbocycles. The zero-order chi connectivity index (χ0) is 15.5. The van der Waals surface area contributed by atoms with Gasteiger partial charge >= 0.3 is 0 Å². The van der Waals surface area contributed by atoms with Gasteiger partial charge in [-0.15, -0.1) is 12.4 Å². The van der Waals surface area contributed by atoms with Crippen molar-refractivity contribution in [3.8, 4) is 5.75 Å². The second kappa shape index (κ2) is 8.15. The molecule has 23 heavy (non-hydrogen) atoms. The van der Waals surface area contributed by atoms with Gasteiger partial charge in [-0.05, 0) is 22.0 Å². The predicted octanol–water partition coefficient (Wildman–Crippen LogP) is 2.76. The van der Waals surface area contributed by atoms with Crippen molar-refractivity contribution in [2.24, 2.45) is 7.05 Å². The standard InChI is InChI=1S/C16H21BrN4O.ClH/c1-20-15(13(17)9-19-20)11-21-8-7-18-10-14(21)12-5-3-4-6-16(12)22-2;/h3-6,9,14,18H,7-8,10-11H2,1-2H3;1H. The molecular weight excluding hydrogens is 380 g/mol.